The summed E-state index contributed by atoms with van der Waals surface area (Å²) in [4.78, 5) is 27.2. The Kier molecular flexibility index (Phi) is 6.75. The SMILES string of the molecule is COc1cc(/C=C2/SC(=S)N(c3ccccc3F)C2=O)cc(Br)c1OC(=O)c1cccs1. The molecule has 0 atom stereocenters. The number of ether oxygens (including phenoxy) is 2. The standard InChI is InChI=1S/C22H13BrFNO4S3/c1-28-16-10-12(9-13(23)19(16)29-21(27)17-7-4-8-31-17)11-18-20(26)25(22(30)32-18)15-6-3-2-5-14(15)24/h2-11H,1H3/b18-11+. The van der Waals surface area contributed by atoms with Crippen molar-refractivity contribution in [3.05, 3.63) is 79.5 Å². The van der Waals surface area contributed by atoms with Gasteiger partial charge in [-0.2, -0.15) is 0 Å². The molecule has 162 valence electrons. The van der Waals surface area contributed by atoms with Gasteiger partial charge in [0.15, 0.2) is 15.8 Å². The van der Waals surface area contributed by atoms with Gasteiger partial charge in [-0.25, -0.2) is 9.18 Å². The van der Waals surface area contributed by atoms with Crippen molar-refractivity contribution < 1.29 is 23.5 Å². The molecule has 1 aliphatic heterocycles. The van der Waals surface area contributed by atoms with Crippen LogP contribution in [0.4, 0.5) is 10.1 Å². The van der Waals surface area contributed by atoms with Crippen molar-refractivity contribution in [3.63, 3.8) is 0 Å². The molecule has 4 rings (SSSR count). The first-order chi connectivity index (χ1) is 15.4. The number of amides is 1. The van der Waals surface area contributed by atoms with E-state index in [1.54, 1.807) is 47.9 Å². The maximum absolute atomic E-state index is 14.2. The summed E-state index contributed by atoms with van der Waals surface area (Å²) in [6.07, 6.45) is 1.62. The molecule has 0 radical (unpaired) electrons. The molecule has 0 spiro atoms. The Bertz CT molecular complexity index is 1260. The topological polar surface area (TPSA) is 55.8 Å². The third-order valence-electron chi connectivity index (χ3n) is 4.35. The number of benzene rings is 2. The number of thiophene rings is 1. The van der Waals surface area contributed by atoms with Gasteiger partial charge in [0.05, 0.1) is 22.2 Å². The van der Waals surface area contributed by atoms with Crippen molar-refractivity contribution in [2.45, 2.75) is 0 Å². The molecule has 1 fully saturated rings. The minimum atomic E-state index is -0.536. The average Bonchev–Trinajstić information content (AvgIpc) is 3.39. The highest BCUT2D eigenvalue weighted by Gasteiger charge is 2.34. The molecule has 3 aromatic rings. The zero-order valence-electron chi connectivity index (χ0n) is 16.3. The number of rotatable bonds is 5. The van der Waals surface area contributed by atoms with Crippen LogP contribution < -0.4 is 14.4 Å². The molecule has 2 aromatic carbocycles. The summed E-state index contributed by atoms with van der Waals surface area (Å²) < 4.78 is 25.8. The van der Waals surface area contributed by atoms with E-state index in [1.165, 1.54) is 35.5 Å². The van der Waals surface area contributed by atoms with Crippen molar-refractivity contribution in [3.8, 4) is 11.5 Å². The van der Waals surface area contributed by atoms with Gasteiger partial charge < -0.3 is 9.47 Å². The molecule has 0 aliphatic carbocycles. The summed E-state index contributed by atoms with van der Waals surface area (Å²) in [7, 11) is 1.45. The predicted octanol–water partition coefficient (Wildman–Crippen LogP) is 6.28. The Morgan fingerprint density at radius 3 is 2.69 bits per heavy atom. The van der Waals surface area contributed by atoms with E-state index >= 15 is 0 Å². The van der Waals surface area contributed by atoms with Crippen LogP contribution in [-0.2, 0) is 4.79 Å². The number of hydrogen-bond acceptors (Lipinski definition) is 7. The molecule has 1 saturated heterocycles. The molecule has 0 unspecified atom stereocenters. The third-order valence-corrected chi connectivity index (χ3v) is 7.09. The molecule has 1 amide bonds. The zero-order chi connectivity index (χ0) is 22.8. The fourth-order valence-corrected chi connectivity index (χ4v) is 5.34. The van der Waals surface area contributed by atoms with Crippen LogP contribution in [0.3, 0.4) is 0 Å². The highest BCUT2D eigenvalue weighted by Crippen LogP contribution is 2.41. The fourth-order valence-electron chi connectivity index (χ4n) is 2.92. The summed E-state index contributed by atoms with van der Waals surface area (Å²) in [5.74, 6) is -0.931. The largest absolute Gasteiger partial charge is 0.493 e. The van der Waals surface area contributed by atoms with E-state index in [1.807, 2.05) is 0 Å². The number of carbonyl (C=O) groups excluding carboxylic acids is 2. The summed E-state index contributed by atoms with van der Waals surface area (Å²) in [6.45, 7) is 0. The van der Waals surface area contributed by atoms with E-state index in [4.69, 9.17) is 21.7 Å². The van der Waals surface area contributed by atoms with E-state index in [0.717, 1.165) is 11.8 Å². The van der Waals surface area contributed by atoms with Crippen LogP contribution in [0.15, 0.2) is 63.3 Å². The molecule has 1 aliphatic rings. The number of hydrogen-bond donors (Lipinski definition) is 0. The Balaban J connectivity index is 1.64. The van der Waals surface area contributed by atoms with Gasteiger partial charge >= 0.3 is 5.97 Å². The lowest BCUT2D eigenvalue weighted by Crippen LogP contribution is -2.28. The van der Waals surface area contributed by atoms with Crippen LogP contribution in [-0.4, -0.2) is 23.3 Å². The summed E-state index contributed by atoms with van der Waals surface area (Å²) in [6, 6.07) is 12.7. The first kappa shape index (κ1) is 22.7. The Morgan fingerprint density at radius 2 is 2.00 bits per heavy atom. The number of esters is 1. The Morgan fingerprint density at radius 1 is 1.22 bits per heavy atom. The van der Waals surface area contributed by atoms with Gasteiger partial charge in [0, 0.05) is 0 Å². The van der Waals surface area contributed by atoms with Gasteiger partial charge in [-0.15, -0.1) is 11.3 Å². The van der Waals surface area contributed by atoms with Crippen molar-refractivity contribution in [2.24, 2.45) is 0 Å². The van der Waals surface area contributed by atoms with E-state index < -0.39 is 17.7 Å². The normalized spacial score (nSPS) is 14.8. The zero-order valence-corrected chi connectivity index (χ0v) is 20.4. The summed E-state index contributed by atoms with van der Waals surface area (Å²) >= 11 is 11.1. The molecular weight excluding hydrogens is 537 g/mol. The van der Waals surface area contributed by atoms with Gasteiger partial charge in [0.25, 0.3) is 5.91 Å². The van der Waals surface area contributed by atoms with Crippen LogP contribution in [0, 0.1) is 5.82 Å². The molecule has 0 bridgehead atoms. The number of thiocarbonyl (C=S) groups is 1. The third kappa shape index (κ3) is 4.49. The summed E-state index contributed by atoms with van der Waals surface area (Å²) in [5.41, 5.74) is 0.715. The minimum absolute atomic E-state index is 0.105. The van der Waals surface area contributed by atoms with Crippen molar-refractivity contribution in [1.82, 2.24) is 0 Å². The second-order valence-electron chi connectivity index (χ2n) is 6.37. The highest BCUT2D eigenvalue weighted by atomic mass is 79.9. The van der Waals surface area contributed by atoms with E-state index in [0.29, 0.717) is 25.6 Å². The van der Waals surface area contributed by atoms with Gasteiger partial charge in [-0.1, -0.05) is 42.2 Å². The molecule has 5 nitrogen and oxygen atoms in total. The number of thioether (sulfide) groups is 1. The summed E-state index contributed by atoms with van der Waals surface area (Å²) in [5, 5.41) is 1.78. The van der Waals surface area contributed by atoms with E-state index in [9.17, 15) is 14.0 Å². The lowest BCUT2D eigenvalue weighted by molar-refractivity contribution is -0.113. The lowest BCUT2D eigenvalue weighted by atomic mass is 10.1. The average molecular weight is 550 g/mol. The van der Waals surface area contributed by atoms with Crippen LogP contribution in [0.1, 0.15) is 15.2 Å². The maximum Gasteiger partial charge on any atom is 0.353 e. The van der Waals surface area contributed by atoms with Crippen LogP contribution >= 0.6 is 51.2 Å². The molecule has 32 heavy (non-hydrogen) atoms. The van der Waals surface area contributed by atoms with Crippen LogP contribution in [0.25, 0.3) is 6.08 Å². The number of para-hydroxylation sites is 1. The second kappa shape index (κ2) is 9.53. The molecule has 1 aromatic heterocycles. The first-order valence-corrected chi connectivity index (χ1v) is 11.9. The Hall–Kier alpha value is -2.53. The fraction of sp³-hybridized carbons (Fsp3) is 0.0455. The van der Waals surface area contributed by atoms with Crippen molar-refractivity contribution >= 4 is 79.2 Å². The number of methoxy groups -OCH3 is 1. The molecular formula is C22H13BrFNO4S3. The number of halogens is 2. The van der Waals surface area contributed by atoms with Crippen molar-refractivity contribution in [1.29, 1.82) is 0 Å². The Labute approximate surface area is 205 Å². The maximum atomic E-state index is 14.2. The molecule has 2 heterocycles. The number of anilines is 1. The van der Waals surface area contributed by atoms with E-state index in [-0.39, 0.29) is 15.8 Å². The first-order valence-electron chi connectivity index (χ1n) is 9.04. The minimum Gasteiger partial charge on any atom is -0.493 e. The lowest BCUT2D eigenvalue weighted by Gasteiger charge is -2.15. The molecule has 10 heteroatoms. The van der Waals surface area contributed by atoms with Gasteiger partial charge in [-0.05, 0) is 63.3 Å². The predicted molar refractivity (Wildman–Crippen MR) is 132 cm³/mol. The monoisotopic (exact) mass is 549 g/mol. The number of carbonyl (C=O) groups is 2. The van der Waals surface area contributed by atoms with E-state index in [2.05, 4.69) is 15.9 Å². The quantitative estimate of drug-likeness (QED) is 0.161. The molecule has 0 N–H and O–H groups in total. The second-order valence-corrected chi connectivity index (χ2v) is 9.85. The van der Waals surface area contributed by atoms with Crippen molar-refractivity contribution in [2.75, 3.05) is 12.0 Å². The number of nitrogens with zero attached hydrogens (tertiary/aromatic N) is 1. The van der Waals surface area contributed by atoms with Gasteiger partial charge in [0.2, 0.25) is 0 Å². The van der Waals surface area contributed by atoms with Gasteiger partial charge in [0.1, 0.15) is 10.7 Å². The smallest absolute Gasteiger partial charge is 0.353 e. The molecule has 0 saturated carbocycles. The van der Waals surface area contributed by atoms with Crippen LogP contribution in [0.5, 0.6) is 11.5 Å². The van der Waals surface area contributed by atoms with Gasteiger partial charge in [-0.3, -0.25) is 9.69 Å². The highest BCUT2D eigenvalue weighted by molar-refractivity contribution is 9.10. The van der Waals surface area contributed by atoms with Crippen LogP contribution in [0.2, 0.25) is 0 Å².